The van der Waals surface area contributed by atoms with Crippen molar-refractivity contribution >= 4 is 0 Å². The maximum absolute atomic E-state index is 4.91. The lowest BCUT2D eigenvalue weighted by Crippen LogP contribution is -2.00. The number of hydrogen-bond donors (Lipinski definition) is 0. The summed E-state index contributed by atoms with van der Waals surface area (Å²) in [5.74, 6) is 0.854. The summed E-state index contributed by atoms with van der Waals surface area (Å²) in [5.41, 5.74) is 1.01. The molecule has 1 aromatic rings. The average molecular weight is 152 g/mol. The zero-order valence-corrected chi connectivity index (χ0v) is 6.87. The molecule has 0 saturated heterocycles. The van der Waals surface area contributed by atoms with Gasteiger partial charge in [0.1, 0.15) is 5.82 Å². The second-order valence-corrected chi connectivity index (χ2v) is 2.36. The Morgan fingerprint density at radius 3 is 3.00 bits per heavy atom. The van der Waals surface area contributed by atoms with Crippen LogP contribution in [0, 0.1) is 6.92 Å². The van der Waals surface area contributed by atoms with Gasteiger partial charge in [-0.05, 0) is 13.0 Å². The lowest BCUT2D eigenvalue weighted by Gasteiger charge is -1.98. The molecule has 0 aliphatic heterocycles. The van der Waals surface area contributed by atoms with Crippen molar-refractivity contribution in [3.63, 3.8) is 0 Å². The lowest BCUT2D eigenvalue weighted by atomic mass is 10.4. The van der Waals surface area contributed by atoms with Gasteiger partial charge in [0.15, 0.2) is 0 Å². The Morgan fingerprint density at radius 2 is 2.36 bits per heavy atom. The number of hydrogen-bond acceptors (Lipinski definition) is 3. The highest BCUT2D eigenvalue weighted by atomic mass is 16.5. The molecular weight excluding hydrogens is 140 g/mol. The second kappa shape index (κ2) is 4.03. The zero-order valence-electron chi connectivity index (χ0n) is 6.87. The molecule has 0 spiro atoms. The van der Waals surface area contributed by atoms with E-state index >= 15 is 0 Å². The second-order valence-electron chi connectivity index (χ2n) is 2.36. The minimum atomic E-state index is 0.684. The molecule has 0 saturated carbocycles. The molecule has 0 aliphatic rings. The zero-order chi connectivity index (χ0) is 8.10. The van der Waals surface area contributed by atoms with Crippen molar-refractivity contribution in [3.05, 3.63) is 23.8 Å². The minimum Gasteiger partial charge on any atom is -0.384 e. The quantitative estimate of drug-likeness (QED) is 0.647. The first-order chi connectivity index (χ1) is 5.33. The smallest absolute Gasteiger partial charge is 0.130 e. The summed E-state index contributed by atoms with van der Waals surface area (Å²) in [4.78, 5) is 8.31. The first-order valence-electron chi connectivity index (χ1n) is 3.60. The summed E-state index contributed by atoms with van der Waals surface area (Å²) in [6.45, 7) is 2.64. The Morgan fingerprint density at radius 1 is 1.55 bits per heavy atom. The molecule has 0 aliphatic carbocycles. The van der Waals surface area contributed by atoms with Gasteiger partial charge in [0, 0.05) is 25.4 Å². The minimum absolute atomic E-state index is 0.684. The molecule has 0 N–H and O–H groups in total. The summed E-state index contributed by atoms with van der Waals surface area (Å²) in [5, 5.41) is 0. The fourth-order valence-corrected chi connectivity index (χ4v) is 0.815. The maximum atomic E-state index is 4.91. The van der Waals surface area contributed by atoms with Crippen LogP contribution in [0.4, 0.5) is 0 Å². The number of aryl methyl sites for hydroxylation is 1. The van der Waals surface area contributed by atoms with Crippen molar-refractivity contribution in [2.45, 2.75) is 13.3 Å². The number of aromatic nitrogens is 2. The largest absolute Gasteiger partial charge is 0.384 e. The predicted octanol–water partition coefficient (Wildman–Crippen LogP) is 0.974. The van der Waals surface area contributed by atoms with Crippen LogP contribution in [0.2, 0.25) is 0 Å². The molecule has 1 aromatic heterocycles. The molecule has 60 valence electrons. The molecule has 0 amide bonds. The summed E-state index contributed by atoms with van der Waals surface area (Å²) in [7, 11) is 1.68. The highest BCUT2D eigenvalue weighted by Crippen LogP contribution is 1.93. The van der Waals surface area contributed by atoms with E-state index in [2.05, 4.69) is 9.97 Å². The van der Waals surface area contributed by atoms with E-state index < -0.39 is 0 Å². The Balaban J connectivity index is 2.56. The van der Waals surface area contributed by atoms with E-state index in [9.17, 15) is 0 Å². The molecule has 1 rings (SSSR count). The standard InChI is InChI=1S/C8H12N2O/c1-7-3-5-9-8(10-7)4-6-11-2/h3,5H,4,6H2,1-2H3. The van der Waals surface area contributed by atoms with Crippen LogP contribution < -0.4 is 0 Å². The SMILES string of the molecule is COCCc1nccc(C)n1. The molecule has 0 radical (unpaired) electrons. The van der Waals surface area contributed by atoms with Crippen LogP contribution in [0.25, 0.3) is 0 Å². The summed E-state index contributed by atoms with van der Waals surface area (Å²) in [6.07, 6.45) is 2.56. The fourth-order valence-electron chi connectivity index (χ4n) is 0.815. The third-order valence-corrected chi connectivity index (χ3v) is 1.37. The Bertz CT molecular complexity index is 225. The third-order valence-electron chi connectivity index (χ3n) is 1.37. The Kier molecular flexibility index (Phi) is 2.98. The number of ether oxygens (including phenoxy) is 1. The summed E-state index contributed by atoms with van der Waals surface area (Å²) >= 11 is 0. The summed E-state index contributed by atoms with van der Waals surface area (Å²) < 4.78 is 4.91. The summed E-state index contributed by atoms with van der Waals surface area (Å²) in [6, 6.07) is 1.89. The molecular formula is C8H12N2O. The van der Waals surface area contributed by atoms with Gasteiger partial charge in [-0.2, -0.15) is 0 Å². The van der Waals surface area contributed by atoms with E-state index in [1.165, 1.54) is 0 Å². The van der Waals surface area contributed by atoms with Gasteiger partial charge in [-0.15, -0.1) is 0 Å². The Labute approximate surface area is 66.4 Å². The van der Waals surface area contributed by atoms with Gasteiger partial charge in [-0.25, -0.2) is 9.97 Å². The Hall–Kier alpha value is -0.960. The van der Waals surface area contributed by atoms with E-state index in [1.54, 1.807) is 13.3 Å². The topological polar surface area (TPSA) is 35.0 Å². The van der Waals surface area contributed by atoms with Crippen LogP contribution in [0.1, 0.15) is 11.5 Å². The molecule has 0 bridgehead atoms. The van der Waals surface area contributed by atoms with E-state index in [1.807, 2.05) is 13.0 Å². The first-order valence-corrected chi connectivity index (χ1v) is 3.60. The van der Waals surface area contributed by atoms with Crippen molar-refractivity contribution < 1.29 is 4.74 Å². The van der Waals surface area contributed by atoms with E-state index in [-0.39, 0.29) is 0 Å². The van der Waals surface area contributed by atoms with Gasteiger partial charge in [0.2, 0.25) is 0 Å². The number of nitrogens with zero attached hydrogens (tertiary/aromatic N) is 2. The van der Waals surface area contributed by atoms with Crippen LogP contribution in [0.5, 0.6) is 0 Å². The first kappa shape index (κ1) is 8.14. The predicted molar refractivity (Wildman–Crippen MR) is 42.3 cm³/mol. The van der Waals surface area contributed by atoms with Crippen molar-refractivity contribution in [3.8, 4) is 0 Å². The fraction of sp³-hybridized carbons (Fsp3) is 0.500. The van der Waals surface area contributed by atoms with Gasteiger partial charge >= 0.3 is 0 Å². The molecule has 0 aromatic carbocycles. The highest BCUT2D eigenvalue weighted by Gasteiger charge is 1.94. The number of methoxy groups -OCH3 is 1. The van der Waals surface area contributed by atoms with Crippen LogP contribution >= 0.6 is 0 Å². The molecule has 3 nitrogen and oxygen atoms in total. The van der Waals surface area contributed by atoms with Gasteiger partial charge < -0.3 is 4.74 Å². The van der Waals surface area contributed by atoms with Crippen LogP contribution in [-0.4, -0.2) is 23.7 Å². The van der Waals surface area contributed by atoms with E-state index in [4.69, 9.17) is 4.74 Å². The van der Waals surface area contributed by atoms with Crippen LogP contribution in [-0.2, 0) is 11.2 Å². The van der Waals surface area contributed by atoms with Gasteiger partial charge in [0.25, 0.3) is 0 Å². The number of rotatable bonds is 3. The molecule has 1 heterocycles. The van der Waals surface area contributed by atoms with E-state index in [0.717, 1.165) is 17.9 Å². The van der Waals surface area contributed by atoms with Crippen LogP contribution in [0.15, 0.2) is 12.3 Å². The van der Waals surface area contributed by atoms with Gasteiger partial charge in [0.05, 0.1) is 6.61 Å². The monoisotopic (exact) mass is 152 g/mol. The average Bonchev–Trinajstić information content (AvgIpc) is 2.01. The van der Waals surface area contributed by atoms with Crippen molar-refractivity contribution in [2.75, 3.05) is 13.7 Å². The van der Waals surface area contributed by atoms with E-state index in [0.29, 0.717) is 6.61 Å². The lowest BCUT2D eigenvalue weighted by molar-refractivity contribution is 0.200. The molecule has 0 fully saturated rings. The molecule has 0 unspecified atom stereocenters. The van der Waals surface area contributed by atoms with Crippen molar-refractivity contribution in [2.24, 2.45) is 0 Å². The van der Waals surface area contributed by atoms with Crippen LogP contribution in [0.3, 0.4) is 0 Å². The molecule has 3 heteroatoms. The highest BCUT2D eigenvalue weighted by molar-refractivity contribution is 4.99. The van der Waals surface area contributed by atoms with Crippen molar-refractivity contribution in [1.82, 2.24) is 9.97 Å². The van der Waals surface area contributed by atoms with Gasteiger partial charge in [-0.1, -0.05) is 0 Å². The maximum Gasteiger partial charge on any atom is 0.130 e. The normalized spacial score (nSPS) is 10.0. The van der Waals surface area contributed by atoms with Crippen molar-refractivity contribution in [1.29, 1.82) is 0 Å². The molecule has 11 heavy (non-hydrogen) atoms. The third kappa shape index (κ3) is 2.63. The molecule has 0 atom stereocenters. The van der Waals surface area contributed by atoms with Gasteiger partial charge in [-0.3, -0.25) is 0 Å².